The number of esters is 1. The van der Waals surface area contributed by atoms with E-state index in [9.17, 15) is 4.79 Å². The number of nitrogens with zero attached hydrogens (tertiary/aromatic N) is 1. The molecule has 0 atom stereocenters. The summed E-state index contributed by atoms with van der Waals surface area (Å²) in [6.45, 7) is 5.70. The van der Waals surface area contributed by atoms with Gasteiger partial charge in [0.1, 0.15) is 5.60 Å². The highest BCUT2D eigenvalue weighted by Crippen LogP contribution is 2.16. The van der Waals surface area contributed by atoms with E-state index in [2.05, 4.69) is 4.98 Å². The molecule has 0 aliphatic heterocycles. The SMILES string of the molecule is CC(C)(C)OC(=O)c1ncc(CN)cc1N. The van der Waals surface area contributed by atoms with Gasteiger partial charge in [-0.05, 0) is 32.4 Å². The predicted molar refractivity (Wildman–Crippen MR) is 61.7 cm³/mol. The van der Waals surface area contributed by atoms with Gasteiger partial charge < -0.3 is 16.2 Å². The summed E-state index contributed by atoms with van der Waals surface area (Å²) in [6, 6.07) is 1.63. The highest BCUT2D eigenvalue weighted by atomic mass is 16.6. The summed E-state index contributed by atoms with van der Waals surface area (Å²) >= 11 is 0. The fraction of sp³-hybridized carbons (Fsp3) is 0.455. The smallest absolute Gasteiger partial charge is 0.359 e. The number of aromatic nitrogens is 1. The quantitative estimate of drug-likeness (QED) is 0.732. The molecule has 0 saturated carbocycles. The molecule has 0 unspecified atom stereocenters. The Bertz CT molecular complexity index is 397. The third-order valence-corrected chi connectivity index (χ3v) is 1.80. The third-order valence-electron chi connectivity index (χ3n) is 1.80. The van der Waals surface area contributed by atoms with E-state index >= 15 is 0 Å². The zero-order valence-electron chi connectivity index (χ0n) is 9.78. The number of rotatable bonds is 2. The first-order valence-corrected chi connectivity index (χ1v) is 5.01. The predicted octanol–water partition coefficient (Wildman–Crippen LogP) is 1.08. The summed E-state index contributed by atoms with van der Waals surface area (Å²) in [5.74, 6) is -0.520. The largest absolute Gasteiger partial charge is 0.455 e. The Kier molecular flexibility index (Phi) is 3.49. The van der Waals surface area contributed by atoms with E-state index in [1.165, 1.54) is 6.20 Å². The van der Waals surface area contributed by atoms with E-state index in [0.717, 1.165) is 5.56 Å². The van der Waals surface area contributed by atoms with Crippen LogP contribution in [0.2, 0.25) is 0 Å². The Morgan fingerprint density at radius 1 is 1.50 bits per heavy atom. The second-order valence-electron chi connectivity index (χ2n) is 4.49. The van der Waals surface area contributed by atoms with Crippen molar-refractivity contribution in [3.05, 3.63) is 23.5 Å². The minimum absolute atomic E-state index is 0.132. The first-order valence-electron chi connectivity index (χ1n) is 5.01. The maximum absolute atomic E-state index is 11.7. The van der Waals surface area contributed by atoms with E-state index < -0.39 is 11.6 Å². The number of nitrogen functional groups attached to an aromatic ring is 1. The molecule has 0 spiro atoms. The van der Waals surface area contributed by atoms with Crippen LogP contribution in [0.4, 0.5) is 5.69 Å². The van der Waals surface area contributed by atoms with Crippen molar-refractivity contribution in [1.29, 1.82) is 0 Å². The molecule has 5 nitrogen and oxygen atoms in total. The molecular weight excluding hydrogens is 206 g/mol. The molecule has 0 amide bonds. The van der Waals surface area contributed by atoms with Crippen molar-refractivity contribution in [2.45, 2.75) is 32.9 Å². The number of carbonyl (C=O) groups excluding carboxylic acids is 1. The number of anilines is 1. The number of nitrogens with two attached hydrogens (primary N) is 2. The van der Waals surface area contributed by atoms with Gasteiger partial charge in [0, 0.05) is 12.7 Å². The van der Waals surface area contributed by atoms with Gasteiger partial charge >= 0.3 is 5.97 Å². The summed E-state index contributed by atoms with van der Waals surface area (Å²) in [5, 5.41) is 0. The summed E-state index contributed by atoms with van der Waals surface area (Å²) in [6.07, 6.45) is 1.52. The first-order chi connectivity index (χ1) is 7.33. The van der Waals surface area contributed by atoms with Crippen LogP contribution in [0.25, 0.3) is 0 Å². The maximum Gasteiger partial charge on any atom is 0.359 e. The number of hydrogen-bond donors (Lipinski definition) is 2. The topological polar surface area (TPSA) is 91.2 Å². The highest BCUT2D eigenvalue weighted by Gasteiger charge is 2.20. The monoisotopic (exact) mass is 223 g/mol. The summed E-state index contributed by atoms with van der Waals surface area (Å²) < 4.78 is 5.17. The van der Waals surface area contributed by atoms with Crippen molar-refractivity contribution in [3.63, 3.8) is 0 Å². The lowest BCUT2D eigenvalue weighted by Gasteiger charge is -2.19. The zero-order valence-corrected chi connectivity index (χ0v) is 9.78. The Morgan fingerprint density at radius 3 is 2.56 bits per heavy atom. The van der Waals surface area contributed by atoms with Gasteiger partial charge in [-0.3, -0.25) is 0 Å². The van der Waals surface area contributed by atoms with Gasteiger partial charge in [0.2, 0.25) is 0 Å². The fourth-order valence-electron chi connectivity index (χ4n) is 1.14. The van der Waals surface area contributed by atoms with Crippen molar-refractivity contribution >= 4 is 11.7 Å². The van der Waals surface area contributed by atoms with Crippen molar-refractivity contribution in [3.8, 4) is 0 Å². The van der Waals surface area contributed by atoms with Crippen LogP contribution < -0.4 is 11.5 Å². The number of carbonyl (C=O) groups is 1. The van der Waals surface area contributed by atoms with Crippen LogP contribution in [0.15, 0.2) is 12.3 Å². The standard InChI is InChI=1S/C11H17N3O2/c1-11(2,3)16-10(15)9-8(13)4-7(5-12)6-14-9/h4,6H,5,12-13H2,1-3H3. The van der Waals surface area contributed by atoms with Crippen molar-refractivity contribution in [1.82, 2.24) is 4.98 Å². The molecule has 1 heterocycles. The van der Waals surface area contributed by atoms with E-state index in [1.807, 2.05) is 0 Å². The van der Waals surface area contributed by atoms with E-state index in [0.29, 0.717) is 6.54 Å². The molecule has 0 aliphatic rings. The lowest BCUT2D eigenvalue weighted by Crippen LogP contribution is -2.25. The van der Waals surface area contributed by atoms with Gasteiger partial charge in [-0.1, -0.05) is 0 Å². The lowest BCUT2D eigenvalue weighted by molar-refractivity contribution is 0.00642. The normalized spacial score (nSPS) is 11.2. The van der Waals surface area contributed by atoms with Crippen LogP contribution >= 0.6 is 0 Å². The van der Waals surface area contributed by atoms with E-state index in [4.69, 9.17) is 16.2 Å². The third kappa shape index (κ3) is 3.20. The summed E-state index contributed by atoms with van der Waals surface area (Å²) in [5.41, 5.74) is 11.8. The molecule has 1 aromatic rings. The Hall–Kier alpha value is -1.62. The van der Waals surface area contributed by atoms with Crippen molar-refractivity contribution in [2.75, 3.05) is 5.73 Å². The van der Waals surface area contributed by atoms with Crippen LogP contribution in [-0.4, -0.2) is 16.6 Å². The van der Waals surface area contributed by atoms with E-state index in [1.54, 1.807) is 26.8 Å². The molecule has 0 fully saturated rings. The second-order valence-corrected chi connectivity index (χ2v) is 4.49. The molecule has 0 aliphatic carbocycles. The van der Waals surface area contributed by atoms with Gasteiger partial charge in [0.25, 0.3) is 0 Å². The molecule has 0 radical (unpaired) electrons. The average molecular weight is 223 g/mol. The van der Waals surface area contributed by atoms with Crippen LogP contribution in [0.1, 0.15) is 36.8 Å². The molecule has 0 aromatic carbocycles. The minimum atomic E-state index is -0.558. The number of hydrogen-bond acceptors (Lipinski definition) is 5. The molecule has 4 N–H and O–H groups in total. The van der Waals surface area contributed by atoms with Crippen LogP contribution in [0.5, 0.6) is 0 Å². The van der Waals surface area contributed by atoms with Gasteiger partial charge in [-0.15, -0.1) is 0 Å². The Balaban J connectivity index is 2.93. The lowest BCUT2D eigenvalue weighted by atomic mass is 10.2. The number of pyridine rings is 1. The highest BCUT2D eigenvalue weighted by molar-refractivity contribution is 5.93. The maximum atomic E-state index is 11.7. The molecule has 88 valence electrons. The van der Waals surface area contributed by atoms with Crippen molar-refractivity contribution < 1.29 is 9.53 Å². The minimum Gasteiger partial charge on any atom is -0.455 e. The zero-order chi connectivity index (χ0) is 12.3. The van der Waals surface area contributed by atoms with Gasteiger partial charge in [0.15, 0.2) is 5.69 Å². The fourth-order valence-corrected chi connectivity index (χ4v) is 1.14. The van der Waals surface area contributed by atoms with Crippen LogP contribution in [0, 0.1) is 0 Å². The summed E-state index contributed by atoms with van der Waals surface area (Å²) in [7, 11) is 0. The Labute approximate surface area is 94.8 Å². The summed E-state index contributed by atoms with van der Waals surface area (Å²) in [4.78, 5) is 15.6. The van der Waals surface area contributed by atoms with Crippen LogP contribution in [-0.2, 0) is 11.3 Å². The second kappa shape index (κ2) is 4.49. The van der Waals surface area contributed by atoms with Crippen molar-refractivity contribution in [2.24, 2.45) is 5.73 Å². The molecule has 0 bridgehead atoms. The molecule has 1 rings (SSSR count). The first kappa shape index (κ1) is 12.4. The average Bonchev–Trinajstić information content (AvgIpc) is 2.14. The molecule has 1 aromatic heterocycles. The molecule has 0 saturated heterocycles. The van der Waals surface area contributed by atoms with Gasteiger partial charge in [0.05, 0.1) is 5.69 Å². The number of ether oxygens (including phenoxy) is 1. The molecule has 5 heteroatoms. The van der Waals surface area contributed by atoms with Crippen LogP contribution in [0.3, 0.4) is 0 Å². The van der Waals surface area contributed by atoms with Gasteiger partial charge in [-0.2, -0.15) is 0 Å². The molecular formula is C11H17N3O2. The molecule has 16 heavy (non-hydrogen) atoms. The van der Waals surface area contributed by atoms with Gasteiger partial charge in [-0.25, -0.2) is 9.78 Å². The Morgan fingerprint density at radius 2 is 2.12 bits per heavy atom. The van der Waals surface area contributed by atoms with E-state index in [-0.39, 0.29) is 11.4 Å².